The average Bonchev–Trinajstić information content (AvgIpc) is 3.27. The van der Waals surface area contributed by atoms with Crippen molar-refractivity contribution in [3.63, 3.8) is 0 Å². The molecule has 1 amide bonds. The van der Waals surface area contributed by atoms with Gasteiger partial charge in [-0.25, -0.2) is 9.37 Å². The third-order valence-electron chi connectivity index (χ3n) is 6.76. The molecule has 2 saturated carbocycles. The van der Waals surface area contributed by atoms with Gasteiger partial charge in [-0.1, -0.05) is 6.92 Å². The number of halogens is 4. The van der Waals surface area contributed by atoms with E-state index in [2.05, 4.69) is 15.3 Å². The number of nitrogens with one attached hydrogen (secondary N) is 1. The van der Waals surface area contributed by atoms with E-state index in [-0.39, 0.29) is 35.5 Å². The lowest BCUT2D eigenvalue weighted by atomic mass is 9.97. The Morgan fingerprint density at radius 3 is 2.55 bits per heavy atom. The third-order valence-corrected chi connectivity index (χ3v) is 6.76. The number of alkyl halides is 3. The molecule has 0 saturated heterocycles. The fourth-order valence-corrected chi connectivity index (χ4v) is 5.11. The molecular weight excluding hydrogens is 438 g/mol. The van der Waals surface area contributed by atoms with Gasteiger partial charge in [0.1, 0.15) is 17.4 Å². The normalized spacial score (nSPS) is 24.9. The maximum absolute atomic E-state index is 13.7. The molecular formula is C24H21F4N3O2. The molecule has 0 bridgehead atoms. The monoisotopic (exact) mass is 459 g/mol. The zero-order valence-electron chi connectivity index (χ0n) is 17.6. The number of nitrogens with zero attached hydrogens (tertiary/aromatic N) is 2. The second-order valence-electron chi connectivity index (χ2n) is 8.79. The van der Waals surface area contributed by atoms with Crippen LogP contribution in [0.25, 0.3) is 10.9 Å². The van der Waals surface area contributed by atoms with Crippen LogP contribution in [-0.2, 0) is 11.0 Å². The number of carbonyl (C=O) groups excluding carboxylic acids is 1. The highest BCUT2D eigenvalue weighted by atomic mass is 19.4. The van der Waals surface area contributed by atoms with Crippen molar-refractivity contribution in [1.82, 2.24) is 9.97 Å². The van der Waals surface area contributed by atoms with Gasteiger partial charge in [-0.3, -0.25) is 9.78 Å². The second kappa shape index (κ2) is 7.97. The van der Waals surface area contributed by atoms with Crippen LogP contribution in [0.5, 0.6) is 5.75 Å². The predicted octanol–water partition coefficient (Wildman–Crippen LogP) is 5.47. The van der Waals surface area contributed by atoms with E-state index in [9.17, 15) is 22.4 Å². The first-order chi connectivity index (χ1) is 15.7. The number of hydrogen-bond acceptors (Lipinski definition) is 4. The highest BCUT2D eigenvalue weighted by Crippen LogP contribution is 2.61. The summed E-state index contributed by atoms with van der Waals surface area (Å²) < 4.78 is 57.8. The summed E-state index contributed by atoms with van der Waals surface area (Å²) in [6.07, 6.45) is -0.547. The molecule has 1 aromatic carbocycles. The number of hydrogen-bond donors (Lipinski definition) is 1. The number of pyridine rings is 2. The molecule has 2 aliphatic carbocycles. The molecule has 3 aromatic rings. The Morgan fingerprint density at radius 2 is 1.88 bits per heavy atom. The largest absolute Gasteiger partial charge is 0.490 e. The van der Waals surface area contributed by atoms with Crippen LogP contribution in [0.1, 0.15) is 25.3 Å². The molecule has 2 fully saturated rings. The van der Waals surface area contributed by atoms with E-state index in [0.29, 0.717) is 34.7 Å². The van der Waals surface area contributed by atoms with Crippen molar-refractivity contribution in [2.24, 2.45) is 23.7 Å². The Bertz CT molecular complexity index is 1190. The lowest BCUT2D eigenvalue weighted by molar-refractivity contribution is -0.137. The standard InChI is InChI=1S/C24H21F4N3O2/c1-12(23(32)31-21-5-2-13(11-30-21)24(26,27)28)22-16-9-15(10-17(16)22)33-20-6-7-29-19-4-3-14(25)8-18(19)20/h2-8,11-12,15-17,22H,9-10H2,1H3,(H,30,31,32)/t12?,15-,16-,17+,22-. The van der Waals surface area contributed by atoms with Crippen LogP contribution in [-0.4, -0.2) is 22.0 Å². The molecule has 0 radical (unpaired) electrons. The van der Waals surface area contributed by atoms with Crippen LogP contribution < -0.4 is 10.1 Å². The molecule has 0 aliphatic heterocycles. The van der Waals surface area contributed by atoms with Crippen molar-refractivity contribution in [2.75, 3.05) is 5.32 Å². The van der Waals surface area contributed by atoms with Gasteiger partial charge < -0.3 is 10.1 Å². The molecule has 9 heteroatoms. The lowest BCUT2D eigenvalue weighted by Gasteiger charge is -2.20. The van der Waals surface area contributed by atoms with Crippen LogP contribution in [0.15, 0.2) is 48.8 Å². The quantitative estimate of drug-likeness (QED) is 0.515. The number of amides is 1. The SMILES string of the molecule is CC(C(=O)Nc1ccc(C(F)(F)F)cn1)[C@@H]1[C@@H]2C[C@@H](Oc3ccnc4ccc(F)cc34)C[C@@H]21. The number of rotatable bonds is 5. The third kappa shape index (κ3) is 4.24. The van der Waals surface area contributed by atoms with E-state index in [4.69, 9.17) is 4.74 Å². The van der Waals surface area contributed by atoms with E-state index in [0.717, 1.165) is 25.0 Å². The molecule has 33 heavy (non-hydrogen) atoms. The fraction of sp³-hybridized carbons (Fsp3) is 0.375. The van der Waals surface area contributed by atoms with Gasteiger partial charge in [0, 0.05) is 23.7 Å². The van der Waals surface area contributed by atoms with Gasteiger partial charge in [-0.05, 0) is 67.0 Å². The molecule has 5 rings (SSSR count). The Labute approximate surface area is 187 Å². The van der Waals surface area contributed by atoms with Crippen molar-refractivity contribution in [3.8, 4) is 5.75 Å². The van der Waals surface area contributed by atoms with Gasteiger partial charge in [-0.15, -0.1) is 0 Å². The predicted molar refractivity (Wildman–Crippen MR) is 113 cm³/mol. The van der Waals surface area contributed by atoms with Crippen LogP contribution >= 0.6 is 0 Å². The topological polar surface area (TPSA) is 64.1 Å². The smallest absolute Gasteiger partial charge is 0.417 e. The van der Waals surface area contributed by atoms with Crippen LogP contribution in [0.2, 0.25) is 0 Å². The first kappa shape index (κ1) is 21.6. The van der Waals surface area contributed by atoms with Crippen molar-refractivity contribution in [1.29, 1.82) is 0 Å². The van der Waals surface area contributed by atoms with E-state index in [1.165, 1.54) is 12.1 Å². The first-order valence-electron chi connectivity index (χ1n) is 10.8. The van der Waals surface area contributed by atoms with Gasteiger partial charge >= 0.3 is 6.18 Å². The summed E-state index contributed by atoms with van der Waals surface area (Å²) in [5.41, 5.74) is -0.196. The maximum atomic E-state index is 13.7. The van der Waals surface area contributed by atoms with E-state index < -0.39 is 11.7 Å². The van der Waals surface area contributed by atoms with Gasteiger partial charge in [0.2, 0.25) is 5.91 Å². The molecule has 1 unspecified atom stereocenters. The van der Waals surface area contributed by atoms with Gasteiger partial charge in [0.15, 0.2) is 0 Å². The summed E-state index contributed by atoms with van der Waals surface area (Å²) in [6.45, 7) is 1.83. The number of carbonyl (C=O) groups is 1. The lowest BCUT2D eigenvalue weighted by Crippen LogP contribution is -2.26. The molecule has 172 valence electrons. The summed E-state index contributed by atoms with van der Waals surface area (Å²) in [6, 6.07) is 8.18. The summed E-state index contributed by atoms with van der Waals surface area (Å²) in [5.74, 6) is 0.700. The van der Waals surface area contributed by atoms with Crippen LogP contribution in [0.4, 0.5) is 23.4 Å². The highest BCUT2D eigenvalue weighted by Gasteiger charge is 2.59. The van der Waals surface area contributed by atoms with E-state index in [1.807, 2.05) is 6.92 Å². The minimum Gasteiger partial charge on any atom is -0.490 e. The number of aromatic nitrogens is 2. The first-order valence-corrected chi connectivity index (χ1v) is 10.8. The highest BCUT2D eigenvalue weighted by molar-refractivity contribution is 5.92. The number of fused-ring (bicyclic) bond motifs is 2. The van der Waals surface area contributed by atoms with Gasteiger partial charge in [0.05, 0.1) is 17.2 Å². The van der Waals surface area contributed by atoms with E-state index >= 15 is 0 Å². The van der Waals surface area contributed by atoms with Gasteiger partial charge in [0.25, 0.3) is 0 Å². The molecule has 1 N–H and O–H groups in total. The summed E-state index contributed by atoms with van der Waals surface area (Å²) in [4.78, 5) is 20.6. The van der Waals surface area contributed by atoms with Crippen LogP contribution in [0, 0.1) is 29.5 Å². The van der Waals surface area contributed by atoms with Crippen molar-refractivity contribution < 1.29 is 27.1 Å². The zero-order chi connectivity index (χ0) is 23.3. The van der Waals surface area contributed by atoms with E-state index in [1.54, 1.807) is 18.3 Å². The molecule has 0 spiro atoms. The Morgan fingerprint density at radius 1 is 1.12 bits per heavy atom. The number of anilines is 1. The minimum absolute atomic E-state index is 0.0167. The minimum atomic E-state index is -4.47. The Kier molecular flexibility index (Phi) is 5.22. The maximum Gasteiger partial charge on any atom is 0.417 e. The molecule has 2 aromatic heterocycles. The molecule has 5 atom stereocenters. The summed E-state index contributed by atoms with van der Waals surface area (Å²) in [7, 11) is 0. The zero-order valence-corrected chi connectivity index (χ0v) is 17.6. The number of benzene rings is 1. The fourth-order valence-electron chi connectivity index (χ4n) is 5.11. The Hall–Kier alpha value is -3.23. The van der Waals surface area contributed by atoms with Crippen LogP contribution in [0.3, 0.4) is 0 Å². The van der Waals surface area contributed by atoms with Crippen molar-refractivity contribution in [3.05, 3.63) is 60.2 Å². The second-order valence-corrected chi connectivity index (χ2v) is 8.79. The molecule has 2 heterocycles. The van der Waals surface area contributed by atoms with Crippen molar-refractivity contribution in [2.45, 2.75) is 32.0 Å². The summed E-state index contributed by atoms with van der Waals surface area (Å²) in [5, 5.41) is 3.25. The summed E-state index contributed by atoms with van der Waals surface area (Å²) >= 11 is 0. The number of ether oxygens (including phenoxy) is 1. The molecule has 2 aliphatic rings. The molecule has 5 nitrogen and oxygen atoms in total. The Balaban J connectivity index is 1.17. The van der Waals surface area contributed by atoms with Crippen molar-refractivity contribution >= 4 is 22.6 Å². The average molecular weight is 459 g/mol. The van der Waals surface area contributed by atoms with Gasteiger partial charge in [-0.2, -0.15) is 13.2 Å².